The van der Waals surface area contributed by atoms with Crippen molar-refractivity contribution in [1.29, 1.82) is 0 Å². The van der Waals surface area contributed by atoms with E-state index in [-0.39, 0.29) is 6.03 Å². The van der Waals surface area contributed by atoms with Crippen LogP contribution in [0.2, 0.25) is 5.02 Å². The van der Waals surface area contributed by atoms with Crippen LogP contribution in [0.4, 0.5) is 10.5 Å². The van der Waals surface area contributed by atoms with Crippen LogP contribution in [0.25, 0.3) is 0 Å². The van der Waals surface area contributed by atoms with Crippen LogP contribution in [0, 0.1) is 0 Å². The third kappa shape index (κ3) is 6.14. The van der Waals surface area contributed by atoms with E-state index in [2.05, 4.69) is 15.5 Å². The standard InChI is InChI=1S/C12H18ClN3O/c1-16(2)9-3-8-14-12(17)15-11-6-4-10(13)5-7-11/h4-7H,3,8-9H2,1-2H3,(H2,14,15,17). The van der Waals surface area contributed by atoms with Crippen molar-refractivity contribution >= 4 is 23.3 Å². The number of benzene rings is 1. The first-order valence-corrected chi connectivity index (χ1v) is 5.91. The van der Waals surface area contributed by atoms with Gasteiger partial charge in [0, 0.05) is 17.3 Å². The minimum atomic E-state index is -0.189. The molecule has 17 heavy (non-hydrogen) atoms. The van der Waals surface area contributed by atoms with Gasteiger partial charge in [-0.15, -0.1) is 0 Å². The molecule has 2 N–H and O–H groups in total. The second kappa shape index (κ2) is 7.14. The van der Waals surface area contributed by atoms with E-state index >= 15 is 0 Å². The Labute approximate surface area is 107 Å². The highest BCUT2D eigenvalue weighted by Crippen LogP contribution is 2.12. The summed E-state index contributed by atoms with van der Waals surface area (Å²) in [5.41, 5.74) is 0.736. The fourth-order valence-corrected chi connectivity index (χ4v) is 1.43. The fraction of sp³-hybridized carbons (Fsp3) is 0.417. The van der Waals surface area contributed by atoms with E-state index in [9.17, 15) is 4.79 Å². The predicted octanol–water partition coefficient (Wildman–Crippen LogP) is 2.41. The number of hydrogen-bond donors (Lipinski definition) is 2. The van der Waals surface area contributed by atoms with Crippen LogP contribution in [-0.2, 0) is 0 Å². The molecule has 0 atom stereocenters. The maximum Gasteiger partial charge on any atom is 0.319 e. The number of hydrogen-bond acceptors (Lipinski definition) is 2. The largest absolute Gasteiger partial charge is 0.338 e. The van der Waals surface area contributed by atoms with Crippen LogP contribution in [0.1, 0.15) is 6.42 Å². The van der Waals surface area contributed by atoms with E-state index in [1.165, 1.54) is 0 Å². The van der Waals surface area contributed by atoms with Crippen molar-refractivity contribution in [3.63, 3.8) is 0 Å². The number of rotatable bonds is 5. The van der Waals surface area contributed by atoms with Gasteiger partial charge in [-0.25, -0.2) is 4.79 Å². The highest BCUT2D eigenvalue weighted by Gasteiger charge is 2.00. The molecule has 0 aromatic heterocycles. The molecule has 0 spiro atoms. The van der Waals surface area contributed by atoms with Gasteiger partial charge >= 0.3 is 6.03 Å². The lowest BCUT2D eigenvalue weighted by Gasteiger charge is -2.10. The van der Waals surface area contributed by atoms with Gasteiger partial charge in [-0.05, 0) is 51.3 Å². The molecule has 0 unspecified atom stereocenters. The lowest BCUT2D eigenvalue weighted by molar-refractivity contribution is 0.251. The lowest BCUT2D eigenvalue weighted by Crippen LogP contribution is -2.31. The summed E-state index contributed by atoms with van der Waals surface area (Å²) < 4.78 is 0. The monoisotopic (exact) mass is 255 g/mol. The number of nitrogens with one attached hydrogen (secondary N) is 2. The molecule has 0 aliphatic heterocycles. The van der Waals surface area contributed by atoms with Gasteiger partial charge in [-0.1, -0.05) is 11.6 Å². The summed E-state index contributed by atoms with van der Waals surface area (Å²) in [6.45, 7) is 1.62. The Hall–Kier alpha value is -1.26. The second-order valence-corrected chi connectivity index (χ2v) is 4.48. The highest BCUT2D eigenvalue weighted by atomic mass is 35.5. The predicted molar refractivity (Wildman–Crippen MR) is 71.6 cm³/mol. The molecular formula is C12H18ClN3O. The van der Waals surface area contributed by atoms with Crippen LogP contribution in [0.15, 0.2) is 24.3 Å². The molecule has 0 saturated heterocycles. The van der Waals surface area contributed by atoms with Crippen molar-refractivity contribution < 1.29 is 4.79 Å². The normalized spacial score (nSPS) is 10.4. The molecule has 4 nitrogen and oxygen atoms in total. The van der Waals surface area contributed by atoms with Crippen LogP contribution in [0.5, 0.6) is 0 Å². The number of amides is 2. The zero-order valence-electron chi connectivity index (χ0n) is 10.2. The summed E-state index contributed by atoms with van der Waals surface area (Å²) in [4.78, 5) is 13.6. The van der Waals surface area contributed by atoms with Gasteiger partial charge in [0.05, 0.1) is 0 Å². The van der Waals surface area contributed by atoms with Crippen molar-refractivity contribution in [3.8, 4) is 0 Å². The van der Waals surface area contributed by atoms with Gasteiger partial charge < -0.3 is 15.5 Å². The third-order valence-electron chi connectivity index (χ3n) is 2.17. The summed E-state index contributed by atoms with van der Waals surface area (Å²) in [7, 11) is 4.02. The van der Waals surface area contributed by atoms with E-state index in [1.807, 2.05) is 14.1 Å². The van der Waals surface area contributed by atoms with Gasteiger partial charge in [0.2, 0.25) is 0 Å². The minimum absolute atomic E-state index is 0.189. The van der Waals surface area contributed by atoms with Crippen molar-refractivity contribution in [2.45, 2.75) is 6.42 Å². The summed E-state index contributed by atoms with van der Waals surface area (Å²) in [6.07, 6.45) is 0.932. The lowest BCUT2D eigenvalue weighted by atomic mass is 10.3. The summed E-state index contributed by atoms with van der Waals surface area (Å²) in [5.74, 6) is 0. The van der Waals surface area contributed by atoms with E-state index in [0.717, 1.165) is 18.7 Å². The zero-order valence-corrected chi connectivity index (χ0v) is 10.9. The molecule has 1 aromatic rings. The van der Waals surface area contributed by atoms with Crippen LogP contribution in [-0.4, -0.2) is 38.1 Å². The quantitative estimate of drug-likeness (QED) is 0.794. The molecule has 0 heterocycles. The Morgan fingerprint density at radius 3 is 2.53 bits per heavy atom. The third-order valence-corrected chi connectivity index (χ3v) is 2.42. The van der Waals surface area contributed by atoms with Crippen molar-refractivity contribution in [1.82, 2.24) is 10.2 Å². The molecule has 0 bridgehead atoms. The summed E-state index contributed by atoms with van der Waals surface area (Å²) >= 11 is 5.75. The molecule has 1 aromatic carbocycles. The fourth-order valence-electron chi connectivity index (χ4n) is 1.31. The smallest absolute Gasteiger partial charge is 0.319 e. The Morgan fingerprint density at radius 1 is 1.29 bits per heavy atom. The Kier molecular flexibility index (Phi) is 5.80. The molecule has 0 saturated carbocycles. The Morgan fingerprint density at radius 2 is 1.94 bits per heavy atom. The van der Waals surface area contributed by atoms with E-state index < -0.39 is 0 Å². The van der Waals surface area contributed by atoms with Gasteiger partial charge in [-0.2, -0.15) is 0 Å². The molecule has 0 fully saturated rings. The average molecular weight is 256 g/mol. The molecule has 1 rings (SSSR count). The van der Waals surface area contributed by atoms with E-state index in [0.29, 0.717) is 11.6 Å². The van der Waals surface area contributed by atoms with Crippen molar-refractivity contribution in [3.05, 3.63) is 29.3 Å². The van der Waals surface area contributed by atoms with Gasteiger partial charge in [0.25, 0.3) is 0 Å². The highest BCUT2D eigenvalue weighted by molar-refractivity contribution is 6.30. The maximum atomic E-state index is 11.5. The number of urea groups is 1. The number of anilines is 1. The zero-order chi connectivity index (χ0) is 12.7. The molecule has 0 aliphatic rings. The number of halogens is 1. The van der Waals surface area contributed by atoms with Gasteiger partial charge in [0.1, 0.15) is 0 Å². The molecule has 5 heteroatoms. The van der Waals surface area contributed by atoms with Crippen LogP contribution < -0.4 is 10.6 Å². The Bertz CT molecular complexity index is 351. The van der Waals surface area contributed by atoms with Crippen molar-refractivity contribution in [2.75, 3.05) is 32.5 Å². The second-order valence-electron chi connectivity index (χ2n) is 4.04. The topological polar surface area (TPSA) is 44.4 Å². The minimum Gasteiger partial charge on any atom is -0.338 e. The van der Waals surface area contributed by atoms with Gasteiger partial charge in [-0.3, -0.25) is 0 Å². The van der Waals surface area contributed by atoms with E-state index in [4.69, 9.17) is 11.6 Å². The maximum absolute atomic E-state index is 11.5. The number of carbonyl (C=O) groups is 1. The van der Waals surface area contributed by atoms with E-state index in [1.54, 1.807) is 24.3 Å². The molecule has 94 valence electrons. The molecule has 0 aliphatic carbocycles. The Balaban J connectivity index is 2.23. The first-order valence-electron chi connectivity index (χ1n) is 5.53. The van der Waals surface area contributed by atoms with Gasteiger partial charge in [0.15, 0.2) is 0 Å². The SMILES string of the molecule is CN(C)CCCNC(=O)Nc1ccc(Cl)cc1. The molecular weight excluding hydrogens is 238 g/mol. The van der Waals surface area contributed by atoms with Crippen molar-refractivity contribution in [2.24, 2.45) is 0 Å². The first kappa shape index (κ1) is 13.8. The summed E-state index contributed by atoms with van der Waals surface area (Å²) in [6, 6.07) is 6.82. The number of nitrogens with zero attached hydrogens (tertiary/aromatic N) is 1. The first-order chi connectivity index (χ1) is 8.08. The average Bonchev–Trinajstić information content (AvgIpc) is 2.27. The molecule has 0 radical (unpaired) electrons. The van der Waals surface area contributed by atoms with Crippen LogP contribution >= 0.6 is 11.6 Å². The number of carbonyl (C=O) groups excluding carboxylic acids is 1. The van der Waals surface area contributed by atoms with Crippen LogP contribution in [0.3, 0.4) is 0 Å². The summed E-state index contributed by atoms with van der Waals surface area (Å²) in [5, 5.41) is 6.18. The molecule has 2 amide bonds.